The summed E-state index contributed by atoms with van der Waals surface area (Å²) in [6.45, 7) is 0.665. The van der Waals surface area contributed by atoms with Gasteiger partial charge in [0, 0.05) is 34.9 Å². The van der Waals surface area contributed by atoms with Gasteiger partial charge in [0.2, 0.25) is 0 Å². The second kappa shape index (κ2) is 7.93. The Labute approximate surface area is 174 Å². The summed E-state index contributed by atoms with van der Waals surface area (Å²) in [4.78, 5) is 17.6. The van der Waals surface area contributed by atoms with Crippen molar-refractivity contribution in [3.63, 3.8) is 0 Å². The predicted octanol–water partition coefficient (Wildman–Crippen LogP) is 3.48. The number of ether oxygens (including phenoxy) is 1. The van der Waals surface area contributed by atoms with E-state index >= 15 is 0 Å². The Balaban J connectivity index is 1.76. The van der Waals surface area contributed by atoms with E-state index in [2.05, 4.69) is 23.2 Å². The van der Waals surface area contributed by atoms with Gasteiger partial charge in [0.15, 0.2) is 0 Å². The highest BCUT2D eigenvalue weighted by Crippen LogP contribution is 2.38. The number of fused-ring (bicyclic) bond motifs is 1. The van der Waals surface area contributed by atoms with Crippen molar-refractivity contribution < 1.29 is 17.9 Å². The molecule has 4 rings (SSSR count). The molecule has 3 N–H and O–H groups in total. The average molecular weight is 433 g/mol. The maximum Gasteiger partial charge on any atom is 0.250 e. The van der Waals surface area contributed by atoms with E-state index in [0.717, 1.165) is 33.3 Å². The third-order valence-corrected chi connectivity index (χ3v) is 8.49. The number of methoxy groups -OCH3 is 1. The zero-order chi connectivity index (χ0) is 20.6. The minimum absolute atomic E-state index is 0.156. The Bertz CT molecular complexity index is 1150. The van der Waals surface area contributed by atoms with Gasteiger partial charge < -0.3 is 15.5 Å². The van der Waals surface area contributed by atoms with Crippen molar-refractivity contribution in [2.24, 2.45) is 5.73 Å². The molecule has 1 saturated heterocycles. The number of aromatic amines is 1. The van der Waals surface area contributed by atoms with Crippen molar-refractivity contribution in [3.8, 4) is 10.4 Å². The molecule has 0 unspecified atom stereocenters. The van der Waals surface area contributed by atoms with Crippen LogP contribution in [-0.4, -0.2) is 44.5 Å². The van der Waals surface area contributed by atoms with Crippen LogP contribution in [0.5, 0.6) is 0 Å². The van der Waals surface area contributed by atoms with Crippen LogP contribution in [0.3, 0.4) is 0 Å². The van der Waals surface area contributed by atoms with Crippen molar-refractivity contribution in [2.75, 3.05) is 25.2 Å². The van der Waals surface area contributed by atoms with Crippen LogP contribution in [0, 0.1) is 0 Å². The second-order valence-electron chi connectivity index (χ2n) is 7.49. The van der Waals surface area contributed by atoms with Gasteiger partial charge in [0.1, 0.15) is 9.84 Å². The number of nitrogens with one attached hydrogen (secondary N) is 1. The molecule has 1 aromatic carbocycles. The fourth-order valence-electron chi connectivity index (χ4n) is 4.00. The van der Waals surface area contributed by atoms with Crippen LogP contribution in [0.15, 0.2) is 30.5 Å². The molecule has 0 radical (unpaired) electrons. The first kappa shape index (κ1) is 20.1. The smallest absolute Gasteiger partial charge is 0.250 e. The number of nitrogens with two attached hydrogens (primary N) is 1. The zero-order valence-electron chi connectivity index (χ0n) is 16.2. The molecule has 0 atom stereocenters. The largest absolute Gasteiger partial charge is 0.384 e. The lowest BCUT2D eigenvalue weighted by atomic mass is 9.91. The average Bonchev–Trinajstić information content (AvgIpc) is 3.32. The Morgan fingerprint density at radius 1 is 1.28 bits per heavy atom. The van der Waals surface area contributed by atoms with Gasteiger partial charge in [-0.15, -0.1) is 11.3 Å². The summed E-state index contributed by atoms with van der Waals surface area (Å²) < 4.78 is 28.8. The molecule has 3 heterocycles. The highest BCUT2D eigenvalue weighted by Gasteiger charge is 2.27. The fraction of sp³-hybridized carbons (Fsp3) is 0.381. The molecule has 1 amide bonds. The molecule has 29 heavy (non-hydrogen) atoms. The molecular formula is C21H24N2O4S2. The van der Waals surface area contributed by atoms with E-state index < -0.39 is 15.7 Å². The van der Waals surface area contributed by atoms with Crippen LogP contribution in [-0.2, 0) is 21.0 Å². The quantitative estimate of drug-likeness (QED) is 0.622. The summed E-state index contributed by atoms with van der Waals surface area (Å²) in [6.07, 6.45) is 3.96. The summed E-state index contributed by atoms with van der Waals surface area (Å²) >= 11 is 1.68. The molecule has 1 aliphatic rings. The number of hydrogen-bond acceptors (Lipinski definition) is 5. The third kappa shape index (κ3) is 4.10. The molecule has 6 nitrogen and oxygen atoms in total. The minimum atomic E-state index is -2.93. The number of carbonyl (C=O) groups excluding carboxylic acids is 1. The van der Waals surface area contributed by atoms with Crippen molar-refractivity contribution in [2.45, 2.75) is 25.2 Å². The second-order valence-corrected chi connectivity index (χ2v) is 11.0. The summed E-state index contributed by atoms with van der Waals surface area (Å²) in [5.74, 6) is 0.0949. The van der Waals surface area contributed by atoms with Gasteiger partial charge in [0.05, 0.1) is 29.2 Å². The molecule has 1 aliphatic heterocycles. The van der Waals surface area contributed by atoms with Crippen LogP contribution in [0.25, 0.3) is 21.3 Å². The lowest BCUT2D eigenvalue weighted by Crippen LogP contribution is -2.22. The molecule has 0 bridgehead atoms. The van der Waals surface area contributed by atoms with Gasteiger partial charge in [-0.05, 0) is 54.2 Å². The van der Waals surface area contributed by atoms with Crippen LogP contribution in [0.4, 0.5) is 0 Å². The summed E-state index contributed by atoms with van der Waals surface area (Å²) in [6, 6.07) is 8.06. The number of sulfone groups is 1. The SMILES string of the molecule is COCCc1ccc(-c2cc(C(N)=O)c3[nH]cc(C4CCS(=O)(=O)CC4)c3c2)s1. The Kier molecular flexibility index (Phi) is 5.50. The first-order valence-electron chi connectivity index (χ1n) is 9.61. The number of hydrogen-bond donors (Lipinski definition) is 2. The van der Waals surface area contributed by atoms with Crippen LogP contribution >= 0.6 is 11.3 Å². The summed E-state index contributed by atoms with van der Waals surface area (Å²) in [5.41, 5.74) is 8.86. The van der Waals surface area contributed by atoms with E-state index in [1.54, 1.807) is 18.4 Å². The Morgan fingerprint density at radius 3 is 2.72 bits per heavy atom. The zero-order valence-corrected chi connectivity index (χ0v) is 17.9. The predicted molar refractivity (Wildman–Crippen MR) is 116 cm³/mol. The molecule has 0 aliphatic carbocycles. The summed E-state index contributed by atoms with van der Waals surface area (Å²) in [7, 11) is -1.24. The highest BCUT2D eigenvalue weighted by atomic mass is 32.2. The molecule has 154 valence electrons. The molecule has 2 aromatic heterocycles. The molecular weight excluding hydrogens is 408 g/mol. The van der Waals surface area contributed by atoms with Gasteiger partial charge in [-0.25, -0.2) is 8.42 Å². The Hall–Kier alpha value is -2.16. The maximum atomic E-state index is 12.1. The number of primary amides is 1. The molecule has 0 spiro atoms. The van der Waals surface area contributed by atoms with E-state index in [-0.39, 0.29) is 17.4 Å². The van der Waals surface area contributed by atoms with Gasteiger partial charge in [-0.2, -0.15) is 0 Å². The molecule has 1 fully saturated rings. The van der Waals surface area contributed by atoms with Crippen molar-refractivity contribution in [3.05, 3.63) is 46.5 Å². The molecule has 3 aromatic rings. The fourth-order valence-corrected chi connectivity index (χ4v) is 6.47. The first-order chi connectivity index (χ1) is 13.9. The lowest BCUT2D eigenvalue weighted by molar-refractivity contribution is 0.100. The topological polar surface area (TPSA) is 102 Å². The minimum Gasteiger partial charge on any atom is -0.384 e. The number of carbonyl (C=O) groups is 1. The highest BCUT2D eigenvalue weighted by molar-refractivity contribution is 7.91. The third-order valence-electron chi connectivity index (χ3n) is 5.58. The number of thiophene rings is 1. The van der Waals surface area contributed by atoms with E-state index in [1.807, 2.05) is 12.3 Å². The van der Waals surface area contributed by atoms with Crippen molar-refractivity contribution >= 4 is 38.0 Å². The van der Waals surface area contributed by atoms with Crippen LogP contribution in [0.1, 0.15) is 39.6 Å². The standard InChI is InChI=1S/C21H24N2O4S2/c1-27-7-4-15-2-3-19(28-15)14-10-16-18(13-5-8-29(25,26)9-6-13)12-23-20(16)17(11-14)21(22)24/h2-3,10-13,23H,4-9H2,1H3,(H2,22,24). The van der Waals surface area contributed by atoms with E-state index in [0.29, 0.717) is 25.0 Å². The number of benzene rings is 1. The number of rotatable bonds is 6. The number of aromatic nitrogens is 1. The van der Waals surface area contributed by atoms with Crippen molar-refractivity contribution in [1.29, 1.82) is 0 Å². The van der Waals surface area contributed by atoms with Crippen LogP contribution < -0.4 is 5.73 Å². The van der Waals surface area contributed by atoms with E-state index in [4.69, 9.17) is 10.5 Å². The Morgan fingerprint density at radius 2 is 2.03 bits per heavy atom. The van der Waals surface area contributed by atoms with E-state index in [9.17, 15) is 13.2 Å². The number of H-pyrrole nitrogens is 1. The summed E-state index contributed by atoms with van der Waals surface area (Å²) in [5, 5.41) is 0.951. The normalized spacial score (nSPS) is 17.0. The van der Waals surface area contributed by atoms with Gasteiger partial charge in [-0.3, -0.25) is 4.79 Å². The first-order valence-corrected chi connectivity index (χ1v) is 12.2. The lowest BCUT2D eigenvalue weighted by Gasteiger charge is -2.21. The molecule has 0 saturated carbocycles. The number of amides is 1. The van der Waals surface area contributed by atoms with Gasteiger partial charge >= 0.3 is 0 Å². The monoisotopic (exact) mass is 432 g/mol. The molecule has 8 heteroatoms. The van der Waals surface area contributed by atoms with Gasteiger partial charge in [-0.1, -0.05) is 0 Å². The maximum absolute atomic E-state index is 12.1. The van der Waals surface area contributed by atoms with E-state index in [1.165, 1.54) is 4.88 Å². The van der Waals surface area contributed by atoms with Crippen LogP contribution in [0.2, 0.25) is 0 Å². The van der Waals surface area contributed by atoms with Crippen molar-refractivity contribution in [1.82, 2.24) is 4.98 Å². The van der Waals surface area contributed by atoms with Gasteiger partial charge in [0.25, 0.3) is 5.91 Å².